The zero-order valence-corrected chi connectivity index (χ0v) is 18.5. The van der Waals surface area contributed by atoms with Crippen molar-refractivity contribution in [1.82, 2.24) is 24.5 Å². The summed E-state index contributed by atoms with van der Waals surface area (Å²) in [5, 5.41) is 7.43. The predicted octanol–water partition coefficient (Wildman–Crippen LogP) is 3.14. The van der Waals surface area contributed by atoms with Gasteiger partial charge < -0.3 is 5.32 Å². The fraction of sp³-hybridized carbons (Fsp3) is 0.350. The van der Waals surface area contributed by atoms with Crippen molar-refractivity contribution in [2.75, 3.05) is 18.4 Å². The molecular formula is C20H23F3N6O2S. The number of halogens is 3. The van der Waals surface area contributed by atoms with Crippen LogP contribution in [0, 0.1) is 20.8 Å². The molecule has 2 N–H and O–H groups in total. The molecular weight excluding hydrogens is 445 g/mol. The monoisotopic (exact) mass is 468 g/mol. The molecule has 0 aliphatic rings. The van der Waals surface area contributed by atoms with E-state index < -0.39 is 27.5 Å². The summed E-state index contributed by atoms with van der Waals surface area (Å²) in [4.78, 5) is 8.67. The van der Waals surface area contributed by atoms with Crippen molar-refractivity contribution >= 4 is 15.8 Å². The quantitative estimate of drug-likeness (QED) is 0.493. The van der Waals surface area contributed by atoms with Crippen LogP contribution in [0.5, 0.6) is 0 Å². The number of aromatic nitrogens is 4. The Morgan fingerprint density at radius 1 is 1.00 bits per heavy atom. The lowest BCUT2D eigenvalue weighted by Gasteiger charge is -2.11. The van der Waals surface area contributed by atoms with E-state index in [1.807, 2.05) is 19.9 Å². The number of rotatable bonds is 8. The van der Waals surface area contributed by atoms with E-state index in [1.165, 1.54) is 0 Å². The number of hydrogen-bond acceptors (Lipinski definition) is 6. The summed E-state index contributed by atoms with van der Waals surface area (Å²) in [6.07, 6.45) is -4.46. The lowest BCUT2D eigenvalue weighted by atomic mass is 10.1. The highest BCUT2D eigenvalue weighted by Crippen LogP contribution is 2.29. The van der Waals surface area contributed by atoms with Crippen LogP contribution in [-0.2, 0) is 22.0 Å². The first-order valence-electron chi connectivity index (χ1n) is 9.70. The number of anilines is 1. The molecule has 32 heavy (non-hydrogen) atoms. The standard InChI is InChI=1S/C20H23F3N6O2S/c1-13-10-14(2)29(28-13)19-11-18(26-15(3)27-19)24-8-9-25-32(30,31)12-16-4-6-17(7-5-16)20(21,22)23/h4-7,10-11,25H,8-9,12H2,1-3H3,(H,24,26,27). The van der Waals surface area contributed by atoms with Gasteiger partial charge in [0.15, 0.2) is 5.82 Å². The van der Waals surface area contributed by atoms with Crippen LogP contribution in [0.15, 0.2) is 36.4 Å². The van der Waals surface area contributed by atoms with Crippen LogP contribution >= 0.6 is 0 Å². The van der Waals surface area contributed by atoms with E-state index in [0.29, 0.717) is 17.5 Å². The molecule has 172 valence electrons. The lowest BCUT2D eigenvalue weighted by molar-refractivity contribution is -0.137. The Hall–Kier alpha value is -2.99. The number of benzene rings is 1. The number of sulfonamides is 1. The molecule has 0 aliphatic heterocycles. The third-order valence-corrected chi connectivity index (χ3v) is 5.80. The predicted molar refractivity (Wildman–Crippen MR) is 114 cm³/mol. The Labute approximate surface area is 184 Å². The molecule has 0 unspecified atom stereocenters. The van der Waals surface area contributed by atoms with Crippen molar-refractivity contribution in [1.29, 1.82) is 0 Å². The molecule has 1 aromatic carbocycles. The minimum absolute atomic E-state index is 0.0707. The number of nitrogens with zero attached hydrogens (tertiary/aromatic N) is 4. The van der Waals surface area contributed by atoms with E-state index in [9.17, 15) is 21.6 Å². The van der Waals surface area contributed by atoms with Crippen molar-refractivity contribution in [3.8, 4) is 5.82 Å². The van der Waals surface area contributed by atoms with Gasteiger partial charge in [-0.05, 0) is 44.5 Å². The first-order chi connectivity index (χ1) is 14.9. The third-order valence-electron chi connectivity index (χ3n) is 4.44. The minimum Gasteiger partial charge on any atom is -0.369 e. The Kier molecular flexibility index (Phi) is 6.84. The van der Waals surface area contributed by atoms with E-state index in [2.05, 4.69) is 25.1 Å². The Morgan fingerprint density at radius 2 is 1.69 bits per heavy atom. The highest BCUT2D eigenvalue weighted by molar-refractivity contribution is 7.88. The number of alkyl halides is 3. The minimum atomic E-state index is -4.46. The molecule has 0 bridgehead atoms. The molecule has 0 spiro atoms. The molecule has 0 amide bonds. The summed E-state index contributed by atoms with van der Waals surface area (Å²) in [7, 11) is -3.72. The van der Waals surface area contributed by atoms with E-state index in [1.54, 1.807) is 17.7 Å². The second-order valence-corrected chi connectivity index (χ2v) is 9.08. The molecule has 2 aromatic heterocycles. The van der Waals surface area contributed by atoms with E-state index in [4.69, 9.17) is 0 Å². The summed E-state index contributed by atoms with van der Waals surface area (Å²) in [5.41, 5.74) is 1.22. The first kappa shape index (κ1) is 23.7. The zero-order valence-electron chi connectivity index (χ0n) is 17.7. The third kappa shape index (κ3) is 6.26. The number of aryl methyl sites for hydroxylation is 3. The van der Waals surface area contributed by atoms with Gasteiger partial charge in [-0.3, -0.25) is 0 Å². The van der Waals surface area contributed by atoms with Gasteiger partial charge in [0, 0.05) is 24.8 Å². The van der Waals surface area contributed by atoms with Crippen LogP contribution < -0.4 is 10.0 Å². The molecule has 0 fully saturated rings. The molecule has 3 aromatic rings. The highest BCUT2D eigenvalue weighted by Gasteiger charge is 2.30. The van der Waals surface area contributed by atoms with E-state index >= 15 is 0 Å². The Bertz CT molecular complexity index is 1190. The second kappa shape index (κ2) is 9.25. The highest BCUT2D eigenvalue weighted by atomic mass is 32.2. The molecule has 0 saturated heterocycles. The van der Waals surface area contributed by atoms with Crippen molar-refractivity contribution in [3.63, 3.8) is 0 Å². The topological polar surface area (TPSA) is 102 Å². The molecule has 8 nitrogen and oxygen atoms in total. The summed E-state index contributed by atoms with van der Waals surface area (Å²) in [5.74, 6) is 1.22. The summed E-state index contributed by atoms with van der Waals surface area (Å²) < 4.78 is 66.4. The van der Waals surface area contributed by atoms with Crippen molar-refractivity contribution in [2.24, 2.45) is 0 Å². The largest absolute Gasteiger partial charge is 0.416 e. The van der Waals surface area contributed by atoms with Gasteiger partial charge in [0.2, 0.25) is 10.0 Å². The molecule has 3 rings (SSSR count). The van der Waals surface area contributed by atoms with E-state index in [0.717, 1.165) is 35.7 Å². The van der Waals surface area contributed by atoms with Crippen molar-refractivity contribution in [3.05, 3.63) is 64.7 Å². The summed E-state index contributed by atoms with van der Waals surface area (Å²) in [6, 6.07) is 7.68. The molecule has 12 heteroatoms. The second-order valence-electron chi connectivity index (χ2n) is 7.27. The number of hydrogen-bond donors (Lipinski definition) is 2. The first-order valence-corrected chi connectivity index (χ1v) is 11.3. The van der Waals surface area contributed by atoms with Crippen LogP contribution in [-0.4, -0.2) is 41.3 Å². The average Bonchev–Trinajstić information content (AvgIpc) is 3.02. The normalized spacial score (nSPS) is 12.2. The van der Waals surface area contributed by atoms with Gasteiger partial charge in [-0.25, -0.2) is 27.8 Å². The van der Waals surface area contributed by atoms with Gasteiger partial charge >= 0.3 is 6.18 Å². The van der Waals surface area contributed by atoms with Gasteiger partial charge in [-0.15, -0.1) is 0 Å². The van der Waals surface area contributed by atoms with Gasteiger partial charge in [0.25, 0.3) is 0 Å². The zero-order chi connectivity index (χ0) is 23.5. The maximum absolute atomic E-state index is 12.6. The van der Waals surface area contributed by atoms with Gasteiger partial charge in [-0.1, -0.05) is 12.1 Å². The van der Waals surface area contributed by atoms with Gasteiger partial charge in [-0.2, -0.15) is 18.3 Å². The van der Waals surface area contributed by atoms with Crippen LogP contribution in [0.1, 0.15) is 28.3 Å². The maximum Gasteiger partial charge on any atom is 0.416 e. The van der Waals surface area contributed by atoms with Crippen molar-refractivity contribution < 1.29 is 21.6 Å². The van der Waals surface area contributed by atoms with Crippen molar-refractivity contribution in [2.45, 2.75) is 32.7 Å². The molecule has 0 aliphatic carbocycles. The van der Waals surface area contributed by atoms with Gasteiger partial charge in [0.05, 0.1) is 17.0 Å². The average molecular weight is 469 g/mol. The molecule has 2 heterocycles. The Balaban J connectivity index is 1.56. The fourth-order valence-corrected chi connectivity index (χ4v) is 4.22. The fourth-order valence-electron chi connectivity index (χ4n) is 3.07. The SMILES string of the molecule is Cc1cc(C)n(-c2cc(NCCNS(=O)(=O)Cc3ccc(C(F)(F)F)cc3)nc(C)n2)n1. The van der Waals surface area contributed by atoms with Crippen LogP contribution in [0.25, 0.3) is 5.82 Å². The summed E-state index contributed by atoms with van der Waals surface area (Å²) in [6.45, 7) is 5.86. The maximum atomic E-state index is 12.6. The number of nitrogens with one attached hydrogen (secondary N) is 2. The van der Waals surface area contributed by atoms with Crippen LogP contribution in [0.4, 0.5) is 19.0 Å². The van der Waals surface area contributed by atoms with Crippen LogP contribution in [0.2, 0.25) is 0 Å². The van der Waals surface area contributed by atoms with Crippen LogP contribution in [0.3, 0.4) is 0 Å². The van der Waals surface area contributed by atoms with Gasteiger partial charge in [0.1, 0.15) is 11.6 Å². The lowest BCUT2D eigenvalue weighted by Crippen LogP contribution is -2.30. The smallest absolute Gasteiger partial charge is 0.369 e. The summed E-state index contributed by atoms with van der Waals surface area (Å²) >= 11 is 0. The van der Waals surface area contributed by atoms with E-state index in [-0.39, 0.29) is 18.7 Å². The molecule has 0 atom stereocenters. The molecule has 0 radical (unpaired) electrons. The Morgan fingerprint density at radius 3 is 2.28 bits per heavy atom. The molecule has 0 saturated carbocycles.